The fourth-order valence-electron chi connectivity index (χ4n) is 2.69. The first-order valence-corrected chi connectivity index (χ1v) is 7.14. The van der Waals surface area contributed by atoms with Crippen molar-refractivity contribution >= 4 is 0 Å². The number of benzene rings is 2. The summed E-state index contributed by atoms with van der Waals surface area (Å²) in [4.78, 5) is 0. The van der Waals surface area contributed by atoms with Gasteiger partial charge in [0.05, 0.1) is 13.7 Å². The van der Waals surface area contributed by atoms with E-state index >= 15 is 0 Å². The Balaban J connectivity index is 2.34. The minimum absolute atomic E-state index is 0.0289. The third kappa shape index (κ3) is 3.24. The molecule has 2 rings (SSSR count). The normalized spacial score (nSPS) is 13.7. The van der Waals surface area contributed by atoms with Crippen LogP contribution in [0.25, 0.3) is 0 Å². The lowest BCUT2D eigenvalue weighted by molar-refractivity contribution is 0.186. The predicted molar refractivity (Wildman–Crippen MR) is 82.2 cm³/mol. The van der Waals surface area contributed by atoms with Crippen molar-refractivity contribution in [3.05, 3.63) is 65.5 Å². The lowest BCUT2D eigenvalue weighted by Crippen LogP contribution is -2.32. The minimum atomic E-state index is -0.387. The molecule has 3 heteroatoms. The van der Waals surface area contributed by atoms with Crippen LogP contribution in [0.3, 0.4) is 0 Å². The highest BCUT2D eigenvalue weighted by molar-refractivity contribution is 5.33. The van der Waals surface area contributed by atoms with Gasteiger partial charge in [0.2, 0.25) is 0 Å². The summed E-state index contributed by atoms with van der Waals surface area (Å²) >= 11 is 0. The van der Waals surface area contributed by atoms with Crippen LogP contribution in [0.5, 0.6) is 5.75 Å². The molecule has 0 bridgehead atoms. The van der Waals surface area contributed by atoms with Gasteiger partial charge < -0.3 is 9.84 Å². The zero-order valence-corrected chi connectivity index (χ0v) is 12.5. The van der Waals surface area contributed by atoms with E-state index in [2.05, 4.69) is 0 Å². The van der Waals surface area contributed by atoms with Gasteiger partial charge in [-0.2, -0.15) is 0 Å². The molecule has 2 aromatic carbocycles. The van der Waals surface area contributed by atoms with Crippen LogP contribution in [0, 0.1) is 5.82 Å². The molecule has 0 aliphatic carbocycles. The Morgan fingerprint density at radius 1 is 1.14 bits per heavy atom. The second-order valence-electron chi connectivity index (χ2n) is 5.30. The highest BCUT2D eigenvalue weighted by Crippen LogP contribution is 2.32. The second kappa shape index (κ2) is 6.72. The van der Waals surface area contributed by atoms with Crippen molar-refractivity contribution in [3.63, 3.8) is 0 Å². The second-order valence-corrected chi connectivity index (χ2v) is 5.30. The third-order valence-electron chi connectivity index (χ3n) is 4.12. The van der Waals surface area contributed by atoms with E-state index < -0.39 is 0 Å². The number of aliphatic hydroxyl groups excluding tert-OH is 1. The monoisotopic (exact) mass is 288 g/mol. The molecule has 0 fully saturated rings. The van der Waals surface area contributed by atoms with Gasteiger partial charge in [-0.15, -0.1) is 0 Å². The molecule has 0 aliphatic heterocycles. The molecule has 1 N–H and O–H groups in total. The lowest BCUT2D eigenvalue weighted by Gasteiger charge is -2.31. The Morgan fingerprint density at radius 3 is 2.38 bits per heavy atom. The molecule has 1 atom stereocenters. The maximum absolute atomic E-state index is 13.8. The Bertz CT molecular complexity index is 577. The van der Waals surface area contributed by atoms with Crippen LogP contribution in [0.15, 0.2) is 48.5 Å². The van der Waals surface area contributed by atoms with Crippen molar-refractivity contribution in [3.8, 4) is 5.75 Å². The molecule has 2 nitrogen and oxygen atoms in total. The van der Waals surface area contributed by atoms with Crippen molar-refractivity contribution in [1.29, 1.82) is 0 Å². The van der Waals surface area contributed by atoms with Gasteiger partial charge in [-0.3, -0.25) is 0 Å². The molecule has 0 heterocycles. The molecule has 112 valence electrons. The summed E-state index contributed by atoms with van der Waals surface area (Å²) in [5.74, 6) is -0.129. The van der Waals surface area contributed by atoms with Crippen molar-refractivity contribution in [1.82, 2.24) is 0 Å². The number of rotatable bonds is 6. The first-order chi connectivity index (χ1) is 10.1. The lowest BCUT2D eigenvalue weighted by atomic mass is 9.74. The number of halogens is 1. The van der Waals surface area contributed by atoms with E-state index in [1.807, 2.05) is 43.3 Å². The van der Waals surface area contributed by atoms with Gasteiger partial charge in [0.25, 0.3) is 0 Å². The molecule has 0 radical (unpaired) electrons. The van der Waals surface area contributed by atoms with Crippen molar-refractivity contribution in [2.24, 2.45) is 0 Å². The quantitative estimate of drug-likeness (QED) is 0.878. The first kappa shape index (κ1) is 15.5. The summed E-state index contributed by atoms with van der Waals surface area (Å²) in [5.41, 5.74) is 1.54. The fourth-order valence-corrected chi connectivity index (χ4v) is 2.69. The summed E-state index contributed by atoms with van der Waals surface area (Å²) in [6.45, 7) is 2.07. The Kier molecular flexibility index (Phi) is 4.97. The fraction of sp³-hybridized carbons (Fsp3) is 0.333. The smallest absolute Gasteiger partial charge is 0.165 e. The van der Waals surface area contributed by atoms with Gasteiger partial charge in [-0.25, -0.2) is 4.39 Å². The predicted octanol–water partition coefficient (Wildman–Crippen LogP) is 3.72. The van der Waals surface area contributed by atoms with Crippen LogP contribution in [-0.2, 0) is 11.8 Å². The Hall–Kier alpha value is -1.87. The van der Waals surface area contributed by atoms with Crippen LogP contribution in [0.2, 0.25) is 0 Å². The molecule has 0 aromatic heterocycles. The van der Waals surface area contributed by atoms with Crippen molar-refractivity contribution < 1.29 is 14.2 Å². The number of hydrogen-bond donors (Lipinski definition) is 1. The molecule has 1 unspecified atom stereocenters. The molecule has 0 aliphatic rings. The highest BCUT2D eigenvalue weighted by atomic mass is 19.1. The summed E-state index contributed by atoms with van der Waals surface area (Å²) in [6.07, 6.45) is 1.37. The van der Waals surface area contributed by atoms with Crippen molar-refractivity contribution in [2.75, 3.05) is 13.7 Å². The maximum Gasteiger partial charge on any atom is 0.165 e. The van der Waals surface area contributed by atoms with Gasteiger partial charge in [-0.05, 0) is 36.1 Å². The molecule has 0 amide bonds. The summed E-state index contributed by atoms with van der Waals surface area (Å²) in [7, 11) is 1.45. The highest BCUT2D eigenvalue weighted by Gasteiger charge is 2.30. The number of aliphatic hydroxyl groups is 1. The zero-order chi connectivity index (χ0) is 15.3. The zero-order valence-electron chi connectivity index (χ0n) is 12.5. The van der Waals surface area contributed by atoms with Gasteiger partial charge in [-0.1, -0.05) is 43.3 Å². The Morgan fingerprint density at radius 2 is 1.86 bits per heavy atom. The van der Waals surface area contributed by atoms with E-state index in [1.165, 1.54) is 13.2 Å². The van der Waals surface area contributed by atoms with Crippen molar-refractivity contribution in [2.45, 2.75) is 25.2 Å². The topological polar surface area (TPSA) is 29.5 Å². The third-order valence-corrected chi connectivity index (χ3v) is 4.12. The van der Waals surface area contributed by atoms with Crippen LogP contribution >= 0.6 is 0 Å². The molecule has 2 aromatic rings. The molecule has 0 spiro atoms. The molecule has 21 heavy (non-hydrogen) atoms. The van der Waals surface area contributed by atoms with E-state index in [0.717, 1.165) is 17.5 Å². The van der Waals surface area contributed by atoms with E-state index in [0.29, 0.717) is 6.42 Å². The molecule has 0 saturated carbocycles. The summed E-state index contributed by atoms with van der Waals surface area (Å²) in [5, 5.41) is 9.94. The average Bonchev–Trinajstić information content (AvgIpc) is 2.54. The van der Waals surface area contributed by atoms with E-state index in [4.69, 9.17) is 4.74 Å². The number of ether oxygens (including phenoxy) is 1. The minimum Gasteiger partial charge on any atom is -0.494 e. The van der Waals surface area contributed by atoms with Crippen LogP contribution < -0.4 is 4.74 Å². The molecular weight excluding hydrogens is 267 g/mol. The largest absolute Gasteiger partial charge is 0.494 e. The summed E-state index contributed by atoms with van der Waals surface area (Å²) < 4.78 is 18.8. The average molecular weight is 288 g/mol. The van der Waals surface area contributed by atoms with E-state index in [1.54, 1.807) is 6.07 Å². The maximum atomic E-state index is 13.8. The number of methoxy groups -OCH3 is 1. The van der Waals surface area contributed by atoms with Crippen LogP contribution in [0.1, 0.15) is 24.5 Å². The Labute approximate surface area is 125 Å². The standard InChI is InChI=1S/C18H21FO2/c1-3-18(13-20,15-7-5-4-6-8-15)12-14-9-10-17(21-2)16(19)11-14/h4-11,20H,3,12-13H2,1-2H3. The number of hydrogen-bond acceptors (Lipinski definition) is 2. The van der Waals surface area contributed by atoms with E-state index in [-0.39, 0.29) is 23.6 Å². The van der Waals surface area contributed by atoms with Gasteiger partial charge in [0.1, 0.15) is 0 Å². The summed E-state index contributed by atoms with van der Waals surface area (Å²) in [6, 6.07) is 14.9. The molecular formula is C18H21FO2. The SMILES string of the molecule is CCC(CO)(Cc1ccc(OC)c(F)c1)c1ccccc1. The van der Waals surface area contributed by atoms with Gasteiger partial charge in [0, 0.05) is 5.41 Å². The van der Waals surface area contributed by atoms with Crippen LogP contribution in [-0.4, -0.2) is 18.8 Å². The first-order valence-electron chi connectivity index (χ1n) is 7.14. The molecule has 0 saturated heterocycles. The van der Waals surface area contributed by atoms with Gasteiger partial charge in [0.15, 0.2) is 11.6 Å². The van der Waals surface area contributed by atoms with Gasteiger partial charge >= 0.3 is 0 Å². The van der Waals surface area contributed by atoms with E-state index in [9.17, 15) is 9.50 Å². The van der Waals surface area contributed by atoms with Crippen LogP contribution in [0.4, 0.5) is 4.39 Å².